The van der Waals surface area contributed by atoms with Crippen molar-refractivity contribution in [2.45, 2.75) is 20.0 Å². The smallest absolute Gasteiger partial charge is 0.320 e. The lowest BCUT2D eigenvalue weighted by atomic mass is 10.0. The van der Waals surface area contributed by atoms with E-state index in [-0.39, 0.29) is 6.03 Å². The number of aromatic nitrogens is 6. The van der Waals surface area contributed by atoms with E-state index in [1.807, 2.05) is 53.3 Å². The number of urea groups is 1. The van der Waals surface area contributed by atoms with Gasteiger partial charge in [-0.05, 0) is 43.8 Å². The maximum absolute atomic E-state index is 12.9. The molecule has 0 bridgehead atoms. The van der Waals surface area contributed by atoms with Crippen molar-refractivity contribution in [1.29, 1.82) is 0 Å². The van der Waals surface area contributed by atoms with Gasteiger partial charge in [0.05, 0.1) is 42.1 Å². The summed E-state index contributed by atoms with van der Waals surface area (Å²) >= 11 is 0. The van der Waals surface area contributed by atoms with E-state index in [9.17, 15) is 4.79 Å². The molecule has 0 aliphatic carbocycles. The van der Waals surface area contributed by atoms with Crippen molar-refractivity contribution >= 4 is 6.03 Å². The minimum Gasteiger partial charge on any atom is -0.339 e. The molecular formula is C25H27N9O. The van der Waals surface area contributed by atoms with Gasteiger partial charge in [-0.25, -0.2) is 9.78 Å². The highest BCUT2D eigenvalue weighted by Gasteiger charge is 2.31. The Bertz CT molecular complexity index is 1360. The molecule has 2 N–H and O–H groups in total. The summed E-state index contributed by atoms with van der Waals surface area (Å²) in [6.07, 6.45) is 3.59. The van der Waals surface area contributed by atoms with E-state index in [0.29, 0.717) is 18.9 Å². The first-order valence-corrected chi connectivity index (χ1v) is 11.8. The molecule has 4 aromatic heterocycles. The summed E-state index contributed by atoms with van der Waals surface area (Å²) < 4.78 is 0. The number of amides is 2. The Morgan fingerprint density at radius 2 is 1.86 bits per heavy atom. The molecule has 0 saturated carbocycles. The Kier molecular flexibility index (Phi) is 5.29. The molecule has 35 heavy (non-hydrogen) atoms. The lowest BCUT2D eigenvalue weighted by Crippen LogP contribution is -2.50. The minimum atomic E-state index is 0.0865. The quantitative estimate of drug-likeness (QED) is 0.477. The number of aromatic amines is 2. The molecule has 1 fully saturated rings. The molecule has 2 amide bonds. The van der Waals surface area contributed by atoms with Crippen LogP contribution in [0.3, 0.4) is 0 Å². The number of imidazole rings is 1. The van der Waals surface area contributed by atoms with Gasteiger partial charge in [-0.15, -0.1) is 0 Å². The highest BCUT2D eigenvalue weighted by Crippen LogP contribution is 2.32. The maximum Gasteiger partial charge on any atom is 0.320 e. The maximum atomic E-state index is 12.9. The normalized spacial score (nSPS) is 16.1. The fourth-order valence-corrected chi connectivity index (χ4v) is 4.70. The first-order valence-electron chi connectivity index (χ1n) is 11.8. The zero-order chi connectivity index (χ0) is 23.9. The van der Waals surface area contributed by atoms with Crippen molar-refractivity contribution < 1.29 is 4.79 Å². The van der Waals surface area contributed by atoms with Gasteiger partial charge >= 0.3 is 6.03 Å². The molecule has 10 nitrogen and oxygen atoms in total. The zero-order valence-electron chi connectivity index (χ0n) is 19.8. The van der Waals surface area contributed by atoms with Crippen LogP contribution in [-0.4, -0.2) is 84.1 Å². The van der Waals surface area contributed by atoms with Gasteiger partial charge in [0, 0.05) is 43.6 Å². The summed E-state index contributed by atoms with van der Waals surface area (Å²) in [5.41, 5.74) is 7.22. The zero-order valence-corrected chi connectivity index (χ0v) is 19.8. The van der Waals surface area contributed by atoms with Crippen LogP contribution in [0, 0.1) is 6.92 Å². The number of carbonyl (C=O) groups excluding carboxylic acids is 1. The number of hydrogen-bond donors (Lipinski definition) is 2. The number of nitrogens with zero attached hydrogens (tertiary/aromatic N) is 7. The van der Waals surface area contributed by atoms with E-state index in [1.165, 1.54) is 0 Å². The number of rotatable bonds is 3. The van der Waals surface area contributed by atoms with Gasteiger partial charge in [0.15, 0.2) is 5.82 Å². The van der Waals surface area contributed by atoms with Crippen LogP contribution in [0.5, 0.6) is 0 Å². The van der Waals surface area contributed by atoms with E-state index in [0.717, 1.165) is 71.5 Å². The number of pyridine rings is 2. The number of piperazine rings is 1. The van der Waals surface area contributed by atoms with Crippen molar-refractivity contribution in [3.05, 3.63) is 59.8 Å². The molecule has 1 saturated heterocycles. The number of nitrogens with one attached hydrogen (secondary N) is 2. The third-order valence-corrected chi connectivity index (χ3v) is 6.70. The third kappa shape index (κ3) is 4.06. The van der Waals surface area contributed by atoms with E-state index in [2.05, 4.69) is 37.1 Å². The average Bonchev–Trinajstić information content (AvgIpc) is 3.59. The molecule has 0 spiro atoms. The van der Waals surface area contributed by atoms with Gasteiger partial charge in [0.25, 0.3) is 0 Å². The molecular weight excluding hydrogens is 442 g/mol. The van der Waals surface area contributed by atoms with Crippen LogP contribution in [0.25, 0.3) is 34.0 Å². The summed E-state index contributed by atoms with van der Waals surface area (Å²) in [5.74, 6) is 0.710. The topological polar surface area (TPSA) is 110 Å². The molecule has 2 aliphatic heterocycles. The van der Waals surface area contributed by atoms with E-state index >= 15 is 0 Å². The first-order chi connectivity index (χ1) is 17.0. The Hall–Kier alpha value is -4.05. The molecule has 0 atom stereocenters. The van der Waals surface area contributed by atoms with Gasteiger partial charge in [0.2, 0.25) is 0 Å². The molecule has 0 aromatic carbocycles. The molecule has 178 valence electrons. The Morgan fingerprint density at radius 1 is 1.00 bits per heavy atom. The SMILES string of the molecule is Cc1cccc(-c2[nH]ncc2-c2ccnc(-c3nc4c([nH]3)CN(C(=O)N3CCN(C)CC3)C4)c2)n1. The van der Waals surface area contributed by atoms with Crippen LogP contribution in [0.15, 0.2) is 42.7 Å². The number of likely N-dealkylation sites (N-methyl/N-ethyl adjacent to an activating group) is 1. The Morgan fingerprint density at radius 3 is 2.66 bits per heavy atom. The summed E-state index contributed by atoms with van der Waals surface area (Å²) in [4.78, 5) is 36.4. The molecule has 6 rings (SSSR count). The van der Waals surface area contributed by atoms with Crippen LogP contribution in [0.2, 0.25) is 0 Å². The third-order valence-electron chi connectivity index (χ3n) is 6.70. The van der Waals surface area contributed by atoms with E-state index < -0.39 is 0 Å². The lowest BCUT2D eigenvalue weighted by Gasteiger charge is -2.34. The van der Waals surface area contributed by atoms with Crippen LogP contribution in [-0.2, 0) is 13.1 Å². The van der Waals surface area contributed by atoms with Crippen LogP contribution in [0.1, 0.15) is 17.1 Å². The second-order valence-electron chi connectivity index (χ2n) is 9.19. The summed E-state index contributed by atoms with van der Waals surface area (Å²) in [6, 6.07) is 9.98. The summed E-state index contributed by atoms with van der Waals surface area (Å²) in [7, 11) is 2.09. The number of H-pyrrole nitrogens is 2. The van der Waals surface area contributed by atoms with Gasteiger partial charge in [-0.2, -0.15) is 5.10 Å². The highest BCUT2D eigenvalue weighted by atomic mass is 16.2. The molecule has 4 aromatic rings. The second-order valence-corrected chi connectivity index (χ2v) is 9.19. The number of hydrogen-bond acceptors (Lipinski definition) is 6. The van der Waals surface area contributed by atoms with Gasteiger partial charge in [0.1, 0.15) is 5.69 Å². The van der Waals surface area contributed by atoms with Crippen molar-refractivity contribution in [2.24, 2.45) is 0 Å². The van der Waals surface area contributed by atoms with Crippen LogP contribution < -0.4 is 0 Å². The van der Waals surface area contributed by atoms with E-state index in [4.69, 9.17) is 4.98 Å². The molecule has 6 heterocycles. The fourth-order valence-electron chi connectivity index (χ4n) is 4.70. The predicted molar refractivity (Wildman–Crippen MR) is 131 cm³/mol. The summed E-state index contributed by atoms with van der Waals surface area (Å²) in [5, 5.41) is 7.35. The Labute approximate surface area is 203 Å². The van der Waals surface area contributed by atoms with Crippen LogP contribution in [0.4, 0.5) is 4.79 Å². The number of carbonyl (C=O) groups is 1. The molecule has 0 unspecified atom stereocenters. The minimum absolute atomic E-state index is 0.0865. The van der Waals surface area contributed by atoms with Gasteiger partial charge < -0.3 is 19.7 Å². The number of fused-ring (bicyclic) bond motifs is 1. The van der Waals surface area contributed by atoms with Crippen molar-refractivity contribution in [3.63, 3.8) is 0 Å². The largest absolute Gasteiger partial charge is 0.339 e. The molecule has 10 heteroatoms. The second kappa shape index (κ2) is 8.62. The Balaban J connectivity index is 1.22. The van der Waals surface area contributed by atoms with Gasteiger partial charge in [-0.1, -0.05) is 6.07 Å². The molecule has 2 aliphatic rings. The first kappa shape index (κ1) is 21.5. The van der Waals surface area contributed by atoms with Crippen LogP contribution >= 0.6 is 0 Å². The number of aryl methyl sites for hydroxylation is 1. The molecule has 0 radical (unpaired) electrons. The monoisotopic (exact) mass is 469 g/mol. The van der Waals surface area contributed by atoms with Crippen molar-refractivity contribution in [1.82, 2.24) is 44.8 Å². The van der Waals surface area contributed by atoms with Crippen molar-refractivity contribution in [3.8, 4) is 34.0 Å². The van der Waals surface area contributed by atoms with E-state index in [1.54, 1.807) is 6.20 Å². The van der Waals surface area contributed by atoms with Crippen molar-refractivity contribution in [2.75, 3.05) is 33.2 Å². The highest BCUT2D eigenvalue weighted by molar-refractivity contribution is 5.80. The van der Waals surface area contributed by atoms with Gasteiger partial charge in [-0.3, -0.25) is 15.1 Å². The summed E-state index contributed by atoms with van der Waals surface area (Å²) in [6.45, 7) is 6.38. The standard InChI is InChI=1S/C25H27N9O/c1-16-4-3-5-19(28-16)23-18(13-27-31-23)17-6-7-26-20(12-17)24-29-21-14-34(15-22(21)30-24)25(35)33-10-8-32(2)9-11-33/h3-7,12-13H,8-11,14-15H2,1-2H3,(H,27,31)(H,29,30). The lowest BCUT2D eigenvalue weighted by molar-refractivity contribution is 0.121. The fraction of sp³-hybridized carbons (Fsp3) is 0.320. The predicted octanol–water partition coefficient (Wildman–Crippen LogP) is 2.92. The average molecular weight is 470 g/mol.